The molecular formula is C23H31N5O2. The number of aromatic nitrogens is 4. The van der Waals surface area contributed by atoms with Crippen LogP contribution >= 0.6 is 0 Å². The minimum atomic E-state index is -0.286. The molecule has 0 N–H and O–H groups in total. The molecule has 1 atom stereocenters. The summed E-state index contributed by atoms with van der Waals surface area (Å²) in [6.45, 7) is 8.44. The minimum Gasteiger partial charge on any atom is -0.312 e. The molecule has 0 spiro atoms. The van der Waals surface area contributed by atoms with Crippen LogP contribution in [0.1, 0.15) is 45.6 Å². The number of anilines is 2. The van der Waals surface area contributed by atoms with Crippen molar-refractivity contribution in [3.05, 3.63) is 50.7 Å². The largest absolute Gasteiger partial charge is 0.332 e. The molecule has 7 nitrogen and oxygen atoms in total. The van der Waals surface area contributed by atoms with Gasteiger partial charge in [-0.3, -0.25) is 13.9 Å². The van der Waals surface area contributed by atoms with Crippen molar-refractivity contribution >= 4 is 22.8 Å². The Morgan fingerprint density at radius 2 is 1.80 bits per heavy atom. The summed E-state index contributed by atoms with van der Waals surface area (Å²) in [6.07, 6.45) is 3.86. The van der Waals surface area contributed by atoms with Gasteiger partial charge in [0.05, 0.1) is 0 Å². The molecule has 0 amide bonds. The second-order valence-corrected chi connectivity index (χ2v) is 8.44. The zero-order chi connectivity index (χ0) is 21.4. The number of unbranched alkanes of at least 4 members (excludes halogenated alkanes) is 2. The average molecular weight is 410 g/mol. The molecule has 1 aliphatic rings. The first-order valence-electron chi connectivity index (χ1n) is 11.0. The molecule has 0 fully saturated rings. The molecule has 160 valence electrons. The maximum Gasteiger partial charge on any atom is 0.332 e. The highest BCUT2D eigenvalue weighted by atomic mass is 16.2. The summed E-state index contributed by atoms with van der Waals surface area (Å²) in [5, 5.41) is 0. The highest BCUT2D eigenvalue weighted by Crippen LogP contribution is 2.32. The lowest BCUT2D eigenvalue weighted by Crippen LogP contribution is -2.40. The van der Waals surface area contributed by atoms with Gasteiger partial charge in [0.15, 0.2) is 11.2 Å². The third-order valence-corrected chi connectivity index (χ3v) is 6.08. The van der Waals surface area contributed by atoms with Crippen LogP contribution in [0.25, 0.3) is 11.2 Å². The second kappa shape index (κ2) is 8.13. The average Bonchev–Trinajstić information content (AvgIpc) is 3.13. The molecular weight excluding hydrogens is 378 g/mol. The Morgan fingerprint density at radius 3 is 2.47 bits per heavy atom. The summed E-state index contributed by atoms with van der Waals surface area (Å²) < 4.78 is 4.92. The van der Waals surface area contributed by atoms with E-state index in [1.165, 1.54) is 14.7 Å². The van der Waals surface area contributed by atoms with Crippen molar-refractivity contribution in [2.75, 3.05) is 11.4 Å². The van der Waals surface area contributed by atoms with Gasteiger partial charge in [-0.05, 0) is 36.5 Å². The third-order valence-electron chi connectivity index (χ3n) is 6.08. The standard InChI is InChI=1S/C23H31N5O2/c1-5-7-8-13-26-21(29)19-20(25(4)23(26)30)24-22-27(14-16(3)15-28(19)22)18-11-9-17(6-2)10-12-18/h9-12,16H,5-8,13-15H2,1-4H3. The maximum absolute atomic E-state index is 13.3. The second-order valence-electron chi connectivity index (χ2n) is 8.44. The Labute approximate surface area is 176 Å². The van der Waals surface area contributed by atoms with Gasteiger partial charge in [0, 0.05) is 32.4 Å². The lowest BCUT2D eigenvalue weighted by molar-refractivity contribution is 0.457. The van der Waals surface area contributed by atoms with Gasteiger partial charge >= 0.3 is 5.69 Å². The van der Waals surface area contributed by atoms with Crippen LogP contribution in [0.5, 0.6) is 0 Å². The van der Waals surface area contributed by atoms with E-state index in [1.807, 2.05) is 4.57 Å². The summed E-state index contributed by atoms with van der Waals surface area (Å²) >= 11 is 0. The first-order valence-corrected chi connectivity index (χ1v) is 11.0. The van der Waals surface area contributed by atoms with Gasteiger partial charge in [-0.1, -0.05) is 45.7 Å². The predicted octanol–water partition coefficient (Wildman–Crippen LogP) is 3.44. The van der Waals surface area contributed by atoms with E-state index in [9.17, 15) is 9.59 Å². The Bertz CT molecular complexity index is 1170. The van der Waals surface area contributed by atoms with Crippen LogP contribution in [0.4, 0.5) is 11.6 Å². The number of fused-ring (bicyclic) bond motifs is 3. The van der Waals surface area contributed by atoms with Crippen molar-refractivity contribution in [2.24, 2.45) is 13.0 Å². The van der Waals surface area contributed by atoms with E-state index in [-0.39, 0.29) is 11.2 Å². The van der Waals surface area contributed by atoms with Crippen molar-refractivity contribution in [3.8, 4) is 0 Å². The molecule has 30 heavy (non-hydrogen) atoms. The van der Waals surface area contributed by atoms with Gasteiger partial charge < -0.3 is 9.47 Å². The van der Waals surface area contributed by atoms with Crippen LogP contribution in [0, 0.1) is 5.92 Å². The Kier molecular flexibility index (Phi) is 5.54. The number of imidazole rings is 1. The quantitative estimate of drug-likeness (QED) is 0.585. The normalized spacial score (nSPS) is 16.3. The SMILES string of the molecule is CCCCCn1c(=O)c2c(nc3n2CC(C)CN3c2ccc(CC)cc2)n(C)c1=O. The summed E-state index contributed by atoms with van der Waals surface area (Å²) in [6, 6.07) is 8.50. The number of rotatable bonds is 6. The first-order chi connectivity index (χ1) is 14.5. The van der Waals surface area contributed by atoms with Crippen LogP contribution < -0.4 is 16.1 Å². The smallest absolute Gasteiger partial charge is 0.312 e. The van der Waals surface area contributed by atoms with Gasteiger partial charge in [0.1, 0.15) is 0 Å². The molecule has 1 aliphatic heterocycles. The summed E-state index contributed by atoms with van der Waals surface area (Å²) in [4.78, 5) is 33.1. The molecule has 1 aromatic carbocycles. The molecule has 3 heterocycles. The summed E-state index contributed by atoms with van der Waals surface area (Å²) in [5.41, 5.74) is 2.84. The van der Waals surface area contributed by atoms with Crippen LogP contribution in [0.15, 0.2) is 33.9 Å². The van der Waals surface area contributed by atoms with Crippen LogP contribution in [0.2, 0.25) is 0 Å². The Balaban J connectivity index is 1.88. The van der Waals surface area contributed by atoms with E-state index >= 15 is 0 Å². The Hall–Kier alpha value is -2.83. The molecule has 3 aromatic rings. The number of aryl methyl sites for hydroxylation is 2. The Morgan fingerprint density at radius 1 is 1.07 bits per heavy atom. The van der Waals surface area contributed by atoms with Crippen LogP contribution in [0.3, 0.4) is 0 Å². The van der Waals surface area contributed by atoms with E-state index in [2.05, 4.69) is 49.9 Å². The molecule has 0 aliphatic carbocycles. The monoisotopic (exact) mass is 409 g/mol. The van der Waals surface area contributed by atoms with E-state index < -0.39 is 0 Å². The third kappa shape index (κ3) is 3.36. The fraction of sp³-hybridized carbons (Fsp3) is 0.522. The highest BCUT2D eigenvalue weighted by molar-refractivity contribution is 5.77. The lowest BCUT2D eigenvalue weighted by atomic mass is 10.1. The molecule has 0 saturated carbocycles. The minimum absolute atomic E-state index is 0.224. The van der Waals surface area contributed by atoms with Gasteiger partial charge in [0.25, 0.3) is 5.56 Å². The van der Waals surface area contributed by atoms with Gasteiger partial charge in [0.2, 0.25) is 5.95 Å². The summed E-state index contributed by atoms with van der Waals surface area (Å²) in [5.74, 6) is 1.09. The summed E-state index contributed by atoms with van der Waals surface area (Å²) in [7, 11) is 1.71. The lowest BCUT2D eigenvalue weighted by Gasteiger charge is -2.33. The van der Waals surface area contributed by atoms with E-state index in [0.717, 1.165) is 50.4 Å². The van der Waals surface area contributed by atoms with Gasteiger partial charge in [-0.15, -0.1) is 0 Å². The zero-order valence-electron chi connectivity index (χ0n) is 18.4. The van der Waals surface area contributed by atoms with Crippen molar-refractivity contribution in [1.29, 1.82) is 0 Å². The molecule has 7 heteroatoms. The molecule has 4 rings (SSSR count). The highest BCUT2D eigenvalue weighted by Gasteiger charge is 2.29. The zero-order valence-corrected chi connectivity index (χ0v) is 18.4. The number of hydrogen-bond donors (Lipinski definition) is 0. The number of benzene rings is 1. The molecule has 1 unspecified atom stereocenters. The topological polar surface area (TPSA) is 65.1 Å². The van der Waals surface area contributed by atoms with Crippen molar-refractivity contribution in [1.82, 2.24) is 18.7 Å². The molecule has 2 aromatic heterocycles. The van der Waals surface area contributed by atoms with Crippen molar-refractivity contribution in [2.45, 2.75) is 59.5 Å². The van der Waals surface area contributed by atoms with Gasteiger partial charge in [-0.2, -0.15) is 4.98 Å². The fourth-order valence-electron chi connectivity index (χ4n) is 4.35. The van der Waals surface area contributed by atoms with E-state index in [0.29, 0.717) is 23.6 Å². The van der Waals surface area contributed by atoms with Crippen LogP contribution in [-0.2, 0) is 26.6 Å². The fourth-order valence-corrected chi connectivity index (χ4v) is 4.35. The predicted molar refractivity (Wildman–Crippen MR) is 121 cm³/mol. The maximum atomic E-state index is 13.3. The molecule has 0 radical (unpaired) electrons. The van der Waals surface area contributed by atoms with Crippen molar-refractivity contribution in [3.63, 3.8) is 0 Å². The van der Waals surface area contributed by atoms with Crippen molar-refractivity contribution < 1.29 is 0 Å². The van der Waals surface area contributed by atoms with E-state index in [1.54, 1.807) is 7.05 Å². The molecule has 0 saturated heterocycles. The van der Waals surface area contributed by atoms with E-state index in [4.69, 9.17) is 4.98 Å². The van der Waals surface area contributed by atoms with Gasteiger partial charge in [-0.25, -0.2) is 4.79 Å². The van der Waals surface area contributed by atoms with Crippen LogP contribution in [-0.4, -0.2) is 25.2 Å². The first kappa shape index (κ1) is 20.4. The number of nitrogens with zero attached hydrogens (tertiary/aromatic N) is 5. The molecule has 0 bridgehead atoms. The number of hydrogen-bond acceptors (Lipinski definition) is 4.